The van der Waals surface area contributed by atoms with E-state index in [4.69, 9.17) is 56.8 Å². The zero-order valence-corrected chi connectivity index (χ0v) is 68.3. The molecule has 6 aromatic carbocycles. The van der Waals surface area contributed by atoms with Crippen molar-refractivity contribution in [2.45, 2.75) is 231 Å². The Kier molecular flexibility index (Phi) is 27.9. The van der Waals surface area contributed by atoms with E-state index in [0.717, 1.165) is 42.7 Å². The van der Waals surface area contributed by atoms with E-state index < -0.39 is 247 Å². The molecule has 7 rings (SSSR count). The van der Waals surface area contributed by atoms with Gasteiger partial charge in [0.05, 0.1) is 42.7 Å². The summed E-state index contributed by atoms with van der Waals surface area (Å²) in [6.45, 7) is 16.3. The van der Waals surface area contributed by atoms with Gasteiger partial charge in [-0.15, -0.1) is 0 Å². The van der Waals surface area contributed by atoms with Gasteiger partial charge in [-0.05, 0) is 139 Å². The van der Waals surface area contributed by atoms with E-state index in [9.17, 15) is 0 Å². The van der Waals surface area contributed by atoms with Crippen molar-refractivity contribution < 1.29 is 136 Å². The maximum Gasteiger partial charge on any atom is 0.411 e. The highest BCUT2D eigenvalue weighted by molar-refractivity contribution is 5.65. The fourth-order valence-electron chi connectivity index (χ4n) is 13.5. The molecule has 0 unspecified atom stereocenters. The Hall–Kier alpha value is -7.38. The number of halogens is 18. The quantitative estimate of drug-likeness (QED) is 0.0764. The fraction of sp³-hybridized carbons (Fsp3) is 0.571. The Morgan fingerprint density at radius 2 is 0.272 bits per heavy atom. The minimum atomic E-state index is -5.25. The highest BCUT2D eigenvalue weighted by Gasteiger charge is 2.46. The molecule has 12 nitrogen and oxygen atoms in total. The van der Waals surface area contributed by atoms with Crippen LogP contribution in [0.5, 0.6) is 34.5 Å². The Bertz CT molecular complexity index is 3480. The second-order valence-electron chi connectivity index (χ2n) is 34.5. The lowest BCUT2D eigenvalue weighted by molar-refractivity contribution is -0.183. The van der Waals surface area contributed by atoms with Gasteiger partial charge < -0.3 is 56.8 Å². The van der Waals surface area contributed by atoms with Gasteiger partial charge in [-0.1, -0.05) is 125 Å². The summed E-state index contributed by atoms with van der Waals surface area (Å²) in [6.07, 6.45) is -45.2. The molecule has 1 aliphatic rings. The molecular weight excluding hydrogens is 1540 g/mol. The molecule has 0 heterocycles. The second kappa shape index (κ2) is 33.9. The van der Waals surface area contributed by atoms with Crippen LogP contribution in [0.1, 0.15) is 261 Å². The van der Waals surface area contributed by atoms with Crippen LogP contribution in [-0.2, 0) is 60.9 Å². The molecular formula is C84H102F18O12. The maximum absolute atomic E-state index is 15.5. The largest absolute Gasteiger partial charge is 0.496 e. The highest BCUT2D eigenvalue weighted by atomic mass is 19.4. The summed E-state index contributed by atoms with van der Waals surface area (Å²) in [6, 6.07) is 15.8. The summed E-state index contributed by atoms with van der Waals surface area (Å²) in [5, 5.41) is 0. The monoisotopic (exact) mass is 1640 g/mol. The van der Waals surface area contributed by atoms with Crippen LogP contribution < -0.4 is 28.4 Å². The highest BCUT2D eigenvalue weighted by Crippen LogP contribution is 2.57. The van der Waals surface area contributed by atoms with E-state index >= 15 is 79.0 Å². The van der Waals surface area contributed by atoms with Crippen molar-refractivity contribution in [3.8, 4) is 34.5 Å². The first-order chi connectivity index (χ1) is 51.8. The van der Waals surface area contributed by atoms with Crippen LogP contribution in [0, 0.1) is 0 Å². The number of methoxy groups -OCH3 is 6. The SMILES string of the molecule is COc1c2cc(C(C)(C)C)cc1C(OCC(F)(F)F)c1cc(C(C)(C)C)cc(c1OC)C(OCC(F)(F)F)c1cc(C(C)(C)C)cc(c1OC)C(OCC(F)(F)F)c1cc(C(C)(C)C)cc(c1OC)C(OCC(F)(F)F)c1cc(C(C)(C)C)cc(c1OC)C(OCC(F)(F)F)c1cc(C(C)(C)C)cc(c1OC)C2OCC(F)(F)F. The van der Waals surface area contributed by atoms with Crippen LogP contribution in [0.4, 0.5) is 79.0 Å². The smallest absolute Gasteiger partial charge is 0.411 e. The summed E-state index contributed by atoms with van der Waals surface area (Å²) in [5.41, 5.74) is -12.0. The van der Waals surface area contributed by atoms with Gasteiger partial charge in [0.15, 0.2) is 0 Å². The molecule has 1 aliphatic carbocycles. The minimum Gasteiger partial charge on any atom is -0.496 e. The number of hydrogen-bond acceptors (Lipinski definition) is 12. The summed E-state index contributed by atoms with van der Waals surface area (Å²) in [7, 11) is 6.03. The van der Waals surface area contributed by atoms with Crippen LogP contribution in [0.25, 0.3) is 0 Å². The van der Waals surface area contributed by atoms with Gasteiger partial charge in [-0.2, -0.15) is 79.0 Å². The lowest BCUT2D eigenvalue weighted by Crippen LogP contribution is -2.26. The average Bonchev–Trinajstić information content (AvgIpc) is 0.767. The van der Waals surface area contributed by atoms with Crippen LogP contribution in [0.15, 0.2) is 72.8 Å². The third kappa shape index (κ3) is 23.1. The molecule has 0 fully saturated rings. The molecule has 30 heteroatoms. The van der Waals surface area contributed by atoms with Gasteiger partial charge in [0.2, 0.25) is 0 Å². The predicted octanol–water partition coefficient (Wildman–Crippen LogP) is 23.8. The number of ether oxygens (including phenoxy) is 12. The summed E-state index contributed by atoms with van der Waals surface area (Å²) >= 11 is 0. The van der Waals surface area contributed by atoms with Crippen LogP contribution in [0.3, 0.4) is 0 Å². The van der Waals surface area contributed by atoms with Crippen LogP contribution >= 0.6 is 0 Å². The molecule has 0 aliphatic heterocycles. The Labute approximate surface area is 654 Å². The van der Waals surface area contributed by atoms with Crippen molar-refractivity contribution in [2.75, 3.05) is 82.3 Å². The zero-order chi connectivity index (χ0) is 86.5. The lowest BCUT2D eigenvalue weighted by Gasteiger charge is -2.35. The van der Waals surface area contributed by atoms with Gasteiger partial charge in [0, 0.05) is 66.8 Å². The van der Waals surface area contributed by atoms with E-state index in [1.165, 1.54) is 72.8 Å². The van der Waals surface area contributed by atoms with Gasteiger partial charge >= 0.3 is 37.1 Å². The van der Waals surface area contributed by atoms with Crippen molar-refractivity contribution >= 4 is 0 Å². The minimum absolute atomic E-state index is 0.0965. The summed E-state index contributed by atoms with van der Waals surface area (Å²) in [5.74, 6) is -3.51. The van der Waals surface area contributed by atoms with E-state index in [-0.39, 0.29) is 33.4 Å². The molecule has 636 valence electrons. The second-order valence-corrected chi connectivity index (χ2v) is 34.5. The average molecular weight is 1650 g/mol. The Morgan fingerprint density at radius 3 is 0.333 bits per heavy atom. The van der Waals surface area contributed by atoms with Gasteiger partial charge in [-0.3, -0.25) is 0 Å². The molecule has 0 saturated carbocycles. The topological polar surface area (TPSA) is 111 Å². The number of rotatable bonds is 18. The van der Waals surface area contributed by atoms with E-state index in [1.54, 1.807) is 125 Å². The van der Waals surface area contributed by atoms with Crippen LogP contribution in [0.2, 0.25) is 0 Å². The van der Waals surface area contributed by atoms with Gasteiger partial charge in [0.25, 0.3) is 0 Å². The molecule has 0 spiro atoms. The first-order valence-electron chi connectivity index (χ1n) is 36.2. The van der Waals surface area contributed by atoms with E-state index in [0.29, 0.717) is 0 Å². The van der Waals surface area contributed by atoms with Gasteiger partial charge in [0.1, 0.15) is 111 Å². The summed E-state index contributed by atoms with van der Waals surface area (Å²) in [4.78, 5) is 0. The molecule has 0 radical (unpaired) electrons. The maximum atomic E-state index is 15.5. The van der Waals surface area contributed by atoms with E-state index in [1.807, 2.05) is 0 Å². The molecule has 0 atom stereocenters. The number of hydrogen-bond donors (Lipinski definition) is 0. The van der Waals surface area contributed by atoms with Crippen molar-refractivity contribution in [3.63, 3.8) is 0 Å². The molecule has 0 aromatic heterocycles. The Morgan fingerprint density at radius 1 is 0.184 bits per heavy atom. The first-order valence-corrected chi connectivity index (χ1v) is 36.2. The molecule has 6 aromatic rings. The van der Waals surface area contributed by atoms with E-state index in [2.05, 4.69) is 0 Å². The number of alkyl halides is 18. The normalized spacial score (nSPS) is 18.2. The standard InChI is InChI=1S/C84H102F18O12/c1-73(2,3)43-25-49-61(103-19)50(26-43)68(110-38-80(88,89)90)52-28-45(75(7,8)9)30-54(63(52)105-21)70(112-40-82(94,95)96)56-32-47(77(13,14)15)34-58(65(56)107-23)72(114-42-84(100,101)102)60-36-48(78(16,17)18)35-59(66(60)108-24)71(113-41-83(97,98)99)57-33-46(76(10,11)12)31-55(64(57)106-22)69(111-39-81(91,92)93)53-29-44(74(4,5)6)27-51(62(53)104-20)67(49)109-37-79(85,86)87/h25-36,67-72H,37-42H2,1-24H3. The van der Waals surface area contributed by atoms with Gasteiger partial charge in [-0.25, -0.2) is 0 Å². The molecule has 12 bridgehead atoms. The number of benzene rings is 6. The molecule has 114 heavy (non-hydrogen) atoms. The Balaban J connectivity index is 2.02. The van der Waals surface area contributed by atoms with Crippen molar-refractivity contribution in [1.29, 1.82) is 0 Å². The number of fused-ring (bicyclic) bond motifs is 12. The lowest BCUT2D eigenvalue weighted by atomic mass is 9.77. The fourth-order valence-corrected chi connectivity index (χ4v) is 13.5. The van der Waals surface area contributed by atoms with Crippen molar-refractivity contribution in [1.82, 2.24) is 0 Å². The van der Waals surface area contributed by atoms with Crippen molar-refractivity contribution in [2.24, 2.45) is 0 Å². The molecule has 0 N–H and O–H groups in total. The zero-order valence-electron chi connectivity index (χ0n) is 68.3. The summed E-state index contributed by atoms with van der Waals surface area (Å²) < 4.78 is 353. The van der Waals surface area contributed by atoms with Crippen LogP contribution in [-0.4, -0.2) is 119 Å². The van der Waals surface area contributed by atoms with Crippen molar-refractivity contribution in [3.05, 3.63) is 173 Å². The first kappa shape index (κ1) is 93.8. The predicted molar refractivity (Wildman–Crippen MR) is 393 cm³/mol. The molecule has 0 amide bonds. The molecule has 0 saturated heterocycles. The third-order valence-electron chi connectivity index (χ3n) is 19.2. The third-order valence-corrected chi connectivity index (χ3v) is 19.2.